The molecule has 2 rings (SSSR count). The summed E-state index contributed by atoms with van der Waals surface area (Å²) in [5, 5.41) is 8.70. The summed E-state index contributed by atoms with van der Waals surface area (Å²) in [4.78, 5) is 0. The number of unbranched alkanes of at least 4 members (excludes halogenated alkanes) is 3. The maximum Gasteiger partial charge on any atom is 0.119 e. The number of rotatable bonds is 9. The summed E-state index contributed by atoms with van der Waals surface area (Å²) in [5.74, 6) is 0.939. The molecule has 1 N–H and O–H groups in total. The monoisotopic (exact) mass is 284 g/mol. The van der Waals surface area contributed by atoms with E-state index in [0.717, 1.165) is 44.5 Å². The molecule has 0 saturated carbocycles. The first-order valence-corrected chi connectivity index (χ1v) is 7.75. The summed E-state index contributed by atoms with van der Waals surface area (Å²) >= 11 is 0. The van der Waals surface area contributed by atoms with Crippen LogP contribution in [-0.2, 0) is 6.42 Å². The quantitative estimate of drug-likeness (QED) is 0.699. The van der Waals surface area contributed by atoms with Crippen molar-refractivity contribution in [3.05, 3.63) is 65.7 Å². The highest BCUT2D eigenvalue weighted by molar-refractivity contribution is 5.31. The lowest BCUT2D eigenvalue weighted by molar-refractivity contribution is 0.273. The molecule has 0 aliphatic rings. The first-order chi connectivity index (χ1) is 10.4. The van der Waals surface area contributed by atoms with Gasteiger partial charge in [0, 0.05) is 6.61 Å². The average Bonchev–Trinajstić information content (AvgIpc) is 2.53. The predicted molar refractivity (Wildman–Crippen MR) is 86.7 cm³/mol. The lowest BCUT2D eigenvalue weighted by Crippen LogP contribution is -1.98. The number of hydrogen-bond donors (Lipinski definition) is 1. The van der Waals surface area contributed by atoms with E-state index in [1.54, 1.807) is 0 Å². The van der Waals surface area contributed by atoms with Crippen molar-refractivity contribution in [2.24, 2.45) is 0 Å². The Balaban J connectivity index is 1.72. The SMILES string of the molecule is OCCCCCCOc1ccc(Cc2ccccc2)cc1. The van der Waals surface area contributed by atoms with Crippen LogP contribution in [-0.4, -0.2) is 18.3 Å². The molecular weight excluding hydrogens is 260 g/mol. The van der Waals surface area contributed by atoms with E-state index in [2.05, 4.69) is 36.4 Å². The minimum Gasteiger partial charge on any atom is -0.494 e. The highest BCUT2D eigenvalue weighted by atomic mass is 16.5. The van der Waals surface area contributed by atoms with E-state index in [9.17, 15) is 0 Å². The van der Waals surface area contributed by atoms with Gasteiger partial charge in [-0.25, -0.2) is 0 Å². The van der Waals surface area contributed by atoms with Gasteiger partial charge in [-0.1, -0.05) is 48.9 Å². The molecule has 112 valence electrons. The highest BCUT2D eigenvalue weighted by Crippen LogP contribution is 2.15. The molecule has 0 unspecified atom stereocenters. The van der Waals surface area contributed by atoms with Crippen molar-refractivity contribution in [1.29, 1.82) is 0 Å². The normalized spacial score (nSPS) is 10.5. The van der Waals surface area contributed by atoms with E-state index < -0.39 is 0 Å². The minimum absolute atomic E-state index is 0.295. The van der Waals surface area contributed by atoms with Crippen molar-refractivity contribution in [3.8, 4) is 5.75 Å². The predicted octanol–water partition coefficient (Wildman–Crippen LogP) is 4.21. The van der Waals surface area contributed by atoms with Gasteiger partial charge in [0.15, 0.2) is 0 Å². The summed E-state index contributed by atoms with van der Waals surface area (Å²) < 4.78 is 5.73. The molecule has 0 amide bonds. The van der Waals surface area contributed by atoms with Gasteiger partial charge in [-0.2, -0.15) is 0 Å². The van der Waals surface area contributed by atoms with Crippen LogP contribution < -0.4 is 4.74 Å². The zero-order valence-corrected chi connectivity index (χ0v) is 12.5. The fraction of sp³-hybridized carbons (Fsp3) is 0.368. The van der Waals surface area contributed by atoms with Gasteiger partial charge in [0.1, 0.15) is 5.75 Å². The van der Waals surface area contributed by atoms with Crippen molar-refractivity contribution in [2.75, 3.05) is 13.2 Å². The van der Waals surface area contributed by atoms with Gasteiger partial charge < -0.3 is 9.84 Å². The van der Waals surface area contributed by atoms with E-state index >= 15 is 0 Å². The maximum absolute atomic E-state index is 8.70. The molecule has 0 heterocycles. The van der Waals surface area contributed by atoms with E-state index in [0.29, 0.717) is 6.61 Å². The van der Waals surface area contributed by atoms with Crippen LogP contribution in [0.3, 0.4) is 0 Å². The summed E-state index contributed by atoms with van der Waals surface area (Å²) in [6.45, 7) is 1.05. The largest absolute Gasteiger partial charge is 0.494 e. The summed E-state index contributed by atoms with van der Waals surface area (Å²) in [7, 11) is 0. The second-order valence-corrected chi connectivity index (χ2v) is 5.29. The molecule has 0 radical (unpaired) electrons. The fourth-order valence-corrected chi connectivity index (χ4v) is 2.29. The third kappa shape index (κ3) is 6.01. The van der Waals surface area contributed by atoms with E-state index in [1.807, 2.05) is 18.2 Å². The van der Waals surface area contributed by atoms with Gasteiger partial charge >= 0.3 is 0 Å². The molecule has 0 bridgehead atoms. The van der Waals surface area contributed by atoms with Crippen LogP contribution in [0.25, 0.3) is 0 Å². The van der Waals surface area contributed by atoms with Crippen LogP contribution >= 0.6 is 0 Å². The maximum atomic E-state index is 8.70. The van der Waals surface area contributed by atoms with Crippen molar-refractivity contribution in [1.82, 2.24) is 0 Å². The summed E-state index contributed by atoms with van der Waals surface area (Å²) in [6, 6.07) is 18.8. The molecule has 0 atom stereocenters. The van der Waals surface area contributed by atoms with Gasteiger partial charge in [0.05, 0.1) is 6.61 Å². The number of benzene rings is 2. The molecule has 0 fully saturated rings. The fourth-order valence-electron chi connectivity index (χ4n) is 2.29. The Morgan fingerprint density at radius 3 is 2.10 bits per heavy atom. The number of aliphatic hydroxyl groups is 1. The Hall–Kier alpha value is -1.80. The third-order valence-electron chi connectivity index (χ3n) is 3.50. The van der Waals surface area contributed by atoms with Crippen LogP contribution in [0.4, 0.5) is 0 Å². The molecular formula is C19H24O2. The lowest BCUT2D eigenvalue weighted by atomic mass is 10.1. The Bertz CT molecular complexity index is 491. The highest BCUT2D eigenvalue weighted by Gasteiger charge is 1.98. The smallest absolute Gasteiger partial charge is 0.119 e. The summed E-state index contributed by atoms with van der Waals surface area (Å²) in [5.41, 5.74) is 2.63. The molecule has 0 spiro atoms. The van der Waals surface area contributed by atoms with Gasteiger partial charge in [0.25, 0.3) is 0 Å². The zero-order chi connectivity index (χ0) is 14.8. The Labute approximate surface area is 127 Å². The van der Waals surface area contributed by atoms with Crippen LogP contribution in [0.15, 0.2) is 54.6 Å². The van der Waals surface area contributed by atoms with Gasteiger partial charge in [0.2, 0.25) is 0 Å². The van der Waals surface area contributed by atoms with Crippen molar-refractivity contribution >= 4 is 0 Å². The van der Waals surface area contributed by atoms with Crippen molar-refractivity contribution in [3.63, 3.8) is 0 Å². The zero-order valence-electron chi connectivity index (χ0n) is 12.5. The number of ether oxygens (including phenoxy) is 1. The average molecular weight is 284 g/mol. The third-order valence-corrected chi connectivity index (χ3v) is 3.50. The topological polar surface area (TPSA) is 29.5 Å². The molecule has 2 heteroatoms. The van der Waals surface area contributed by atoms with E-state index in [4.69, 9.17) is 9.84 Å². The second-order valence-electron chi connectivity index (χ2n) is 5.29. The number of aliphatic hydroxyl groups excluding tert-OH is 1. The van der Waals surface area contributed by atoms with Crippen molar-refractivity contribution < 1.29 is 9.84 Å². The van der Waals surface area contributed by atoms with Crippen LogP contribution in [0, 0.1) is 0 Å². The minimum atomic E-state index is 0.295. The molecule has 0 aromatic heterocycles. The summed E-state index contributed by atoms with van der Waals surface area (Å²) in [6.07, 6.45) is 5.10. The molecule has 0 aliphatic heterocycles. The second kappa shape index (κ2) is 9.19. The van der Waals surface area contributed by atoms with E-state index in [-0.39, 0.29) is 0 Å². The molecule has 2 aromatic carbocycles. The van der Waals surface area contributed by atoms with Gasteiger partial charge in [-0.05, 0) is 48.9 Å². The van der Waals surface area contributed by atoms with Crippen LogP contribution in [0.2, 0.25) is 0 Å². The molecule has 0 saturated heterocycles. The van der Waals surface area contributed by atoms with Gasteiger partial charge in [-0.15, -0.1) is 0 Å². The standard InChI is InChI=1S/C19H24O2/c20-14-6-1-2-7-15-21-19-12-10-18(11-13-19)16-17-8-4-3-5-9-17/h3-5,8-13,20H,1-2,6-7,14-16H2. The van der Waals surface area contributed by atoms with Crippen LogP contribution in [0.5, 0.6) is 5.75 Å². The number of hydrogen-bond acceptors (Lipinski definition) is 2. The molecule has 21 heavy (non-hydrogen) atoms. The Morgan fingerprint density at radius 1 is 0.714 bits per heavy atom. The van der Waals surface area contributed by atoms with Gasteiger partial charge in [-0.3, -0.25) is 0 Å². The van der Waals surface area contributed by atoms with Crippen LogP contribution in [0.1, 0.15) is 36.8 Å². The Morgan fingerprint density at radius 2 is 1.38 bits per heavy atom. The lowest BCUT2D eigenvalue weighted by Gasteiger charge is -2.07. The van der Waals surface area contributed by atoms with Crippen molar-refractivity contribution in [2.45, 2.75) is 32.1 Å². The molecule has 2 nitrogen and oxygen atoms in total. The van der Waals surface area contributed by atoms with E-state index in [1.165, 1.54) is 11.1 Å². The molecule has 2 aromatic rings. The first-order valence-electron chi connectivity index (χ1n) is 7.75. The Kier molecular flexibility index (Phi) is 6.82. The molecule has 0 aliphatic carbocycles. The first kappa shape index (κ1) is 15.6.